The summed E-state index contributed by atoms with van der Waals surface area (Å²) in [6.45, 7) is 6.69. The Morgan fingerprint density at radius 3 is 2.69 bits per heavy atom. The highest BCUT2D eigenvalue weighted by atomic mass is 35.5. The Balaban J connectivity index is 1.80. The molecule has 0 aliphatic carbocycles. The topological polar surface area (TPSA) is 52.6 Å². The minimum atomic E-state index is -0.869. The minimum absolute atomic E-state index is 0.0805. The fourth-order valence-corrected chi connectivity index (χ4v) is 4.30. The van der Waals surface area contributed by atoms with Gasteiger partial charge in [0.15, 0.2) is 0 Å². The van der Waals surface area contributed by atoms with Gasteiger partial charge >= 0.3 is 6.09 Å². The van der Waals surface area contributed by atoms with Gasteiger partial charge in [0.25, 0.3) is 0 Å². The summed E-state index contributed by atoms with van der Waals surface area (Å²) in [4.78, 5) is 13.2. The van der Waals surface area contributed by atoms with E-state index >= 15 is 0 Å². The molecule has 1 aliphatic heterocycles. The van der Waals surface area contributed by atoms with E-state index in [0.717, 1.165) is 16.8 Å². The number of halogens is 2. The van der Waals surface area contributed by atoms with E-state index < -0.39 is 6.09 Å². The van der Waals surface area contributed by atoms with Crippen molar-refractivity contribution in [2.24, 2.45) is 5.41 Å². The number of hydrogen-bond donors (Lipinski definition) is 2. The van der Waals surface area contributed by atoms with E-state index in [1.807, 2.05) is 24.3 Å². The first-order valence-corrected chi connectivity index (χ1v) is 10.3. The molecule has 2 atom stereocenters. The molecule has 0 radical (unpaired) electrons. The van der Waals surface area contributed by atoms with Crippen molar-refractivity contribution < 1.29 is 14.3 Å². The lowest BCUT2D eigenvalue weighted by Gasteiger charge is -2.45. The number of likely N-dealkylation sites (tertiary alicyclic amines) is 1. The molecule has 1 heterocycles. The normalized spacial score (nSPS) is 19.8. The van der Waals surface area contributed by atoms with Gasteiger partial charge in [0, 0.05) is 29.3 Å². The molecule has 0 bridgehead atoms. The molecule has 29 heavy (non-hydrogen) atoms. The molecule has 6 heteroatoms. The van der Waals surface area contributed by atoms with Crippen molar-refractivity contribution in [3.8, 4) is 0 Å². The highest BCUT2D eigenvalue weighted by molar-refractivity contribution is 6.30. The maximum absolute atomic E-state index is 13.9. The number of piperidine rings is 1. The van der Waals surface area contributed by atoms with Crippen molar-refractivity contribution in [3.63, 3.8) is 0 Å². The zero-order valence-corrected chi connectivity index (χ0v) is 17.8. The first-order valence-electron chi connectivity index (χ1n) is 9.92. The van der Waals surface area contributed by atoms with Crippen LogP contribution in [0.25, 0.3) is 0 Å². The number of nitrogens with zero attached hydrogens (tertiary/aromatic N) is 1. The predicted octanol–water partition coefficient (Wildman–Crippen LogP) is 6.04. The van der Waals surface area contributed by atoms with Gasteiger partial charge in [-0.15, -0.1) is 0 Å². The monoisotopic (exact) mass is 418 g/mol. The number of carbonyl (C=O) groups is 1. The quantitative estimate of drug-likeness (QED) is 0.636. The number of anilines is 1. The molecule has 1 aliphatic rings. The maximum atomic E-state index is 13.9. The summed E-state index contributed by atoms with van der Waals surface area (Å²) in [7, 11) is 0. The molecule has 2 aromatic carbocycles. The van der Waals surface area contributed by atoms with Gasteiger partial charge in [0.1, 0.15) is 5.82 Å². The largest absolute Gasteiger partial charge is 0.465 e. The minimum Gasteiger partial charge on any atom is -0.465 e. The van der Waals surface area contributed by atoms with Gasteiger partial charge < -0.3 is 15.3 Å². The Hall–Kier alpha value is -2.27. The van der Waals surface area contributed by atoms with Crippen molar-refractivity contribution in [3.05, 3.63) is 64.4 Å². The van der Waals surface area contributed by atoms with Gasteiger partial charge in [-0.05, 0) is 66.1 Å². The molecule has 2 unspecified atom stereocenters. The van der Waals surface area contributed by atoms with E-state index in [1.165, 1.54) is 6.07 Å². The third-order valence-electron chi connectivity index (χ3n) is 5.56. The molecule has 156 valence electrons. The van der Waals surface area contributed by atoms with Gasteiger partial charge in [-0.2, -0.15) is 0 Å². The van der Waals surface area contributed by atoms with E-state index in [9.17, 15) is 14.3 Å². The van der Waals surface area contributed by atoms with E-state index in [-0.39, 0.29) is 23.3 Å². The van der Waals surface area contributed by atoms with E-state index in [0.29, 0.717) is 30.8 Å². The molecule has 4 nitrogen and oxygen atoms in total. The van der Waals surface area contributed by atoms with Crippen LogP contribution in [0, 0.1) is 11.2 Å². The molecule has 1 amide bonds. The van der Waals surface area contributed by atoms with Crippen LogP contribution in [-0.4, -0.2) is 34.7 Å². The number of nitrogens with one attached hydrogen (secondary N) is 1. The molecule has 3 rings (SSSR count). The second-order valence-corrected chi connectivity index (χ2v) is 9.27. The molecule has 0 aromatic heterocycles. The van der Waals surface area contributed by atoms with Crippen molar-refractivity contribution in [2.75, 3.05) is 11.9 Å². The van der Waals surface area contributed by atoms with Crippen molar-refractivity contribution >= 4 is 23.4 Å². The Morgan fingerprint density at radius 2 is 2.03 bits per heavy atom. The van der Waals surface area contributed by atoms with Gasteiger partial charge in [0.2, 0.25) is 0 Å². The van der Waals surface area contributed by atoms with Crippen LogP contribution in [0.2, 0.25) is 5.02 Å². The summed E-state index contributed by atoms with van der Waals surface area (Å²) in [5.41, 5.74) is 2.60. The summed E-state index contributed by atoms with van der Waals surface area (Å²) < 4.78 is 13.9. The van der Waals surface area contributed by atoms with Gasteiger partial charge in [0.05, 0.1) is 0 Å². The lowest BCUT2D eigenvalue weighted by atomic mass is 9.79. The second kappa shape index (κ2) is 8.62. The van der Waals surface area contributed by atoms with Crippen LogP contribution in [0.1, 0.15) is 44.7 Å². The van der Waals surface area contributed by atoms with Gasteiger partial charge in [-0.1, -0.05) is 44.5 Å². The molecule has 1 saturated heterocycles. The third-order valence-corrected chi connectivity index (χ3v) is 5.79. The lowest BCUT2D eigenvalue weighted by Crippen LogP contribution is -2.54. The fourth-order valence-electron chi connectivity index (χ4n) is 4.08. The highest BCUT2D eigenvalue weighted by Gasteiger charge is 2.38. The van der Waals surface area contributed by atoms with Crippen LogP contribution in [0.5, 0.6) is 0 Å². The van der Waals surface area contributed by atoms with Gasteiger partial charge in [-0.25, -0.2) is 9.18 Å². The zero-order chi connectivity index (χ0) is 21.2. The van der Waals surface area contributed by atoms with Crippen LogP contribution >= 0.6 is 11.6 Å². The molecule has 0 saturated carbocycles. The molecule has 1 fully saturated rings. The summed E-state index contributed by atoms with van der Waals surface area (Å²) >= 11 is 6.09. The van der Waals surface area contributed by atoms with Crippen LogP contribution in [-0.2, 0) is 6.42 Å². The smallest absolute Gasteiger partial charge is 0.407 e. The predicted molar refractivity (Wildman–Crippen MR) is 115 cm³/mol. The molecule has 2 aromatic rings. The Kier molecular flexibility index (Phi) is 6.37. The summed E-state index contributed by atoms with van der Waals surface area (Å²) in [5, 5.41) is 13.8. The van der Waals surface area contributed by atoms with Crippen molar-refractivity contribution in [1.29, 1.82) is 0 Å². The first kappa shape index (κ1) is 21.4. The Morgan fingerprint density at radius 1 is 1.28 bits per heavy atom. The van der Waals surface area contributed by atoms with Crippen LogP contribution < -0.4 is 5.32 Å². The maximum Gasteiger partial charge on any atom is 0.407 e. The summed E-state index contributed by atoms with van der Waals surface area (Å²) in [6, 6.07) is 12.4. The average molecular weight is 419 g/mol. The van der Waals surface area contributed by atoms with Crippen LogP contribution in [0.4, 0.5) is 14.9 Å². The Labute approximate surface area is 176 Å². The highest BCUT2D eigenvalue weighted by Crippen LogP contribution is 2.34. The number of carboxylic acid groups (broad SMARTS) is 1. The molecular formula is C23H28ClFN2O2. The SMILES string of the molecule is CC(C)(C)C1CC(Nc2ccc(F)cc2Cc2cccc(Cl)c2)CCN1C(=O)O. The number of benzene rings is 2. The summed E-state index contributed by atoms with van der Waals surface area (Å²) in [6.07, 6.45) is 1.13. The van der Waals surface area contributed by atoms with Crippen LogP contribution in [0.3, 0.4) is 0 Å². The lowest BCUT2D eigenvalue weighted by molar-refractivity contribution is 0.0557. The summed E-state index contributed by atoms with van der Waals surface area (Å²) in [5.74, 6) is -0.277. The van der Waals surface area contributed by atoms with E-state index in [4.69, 9.17) is 11.6 Å². The Bertz CT molecular complexity index is 881. The standard InChI is InChI=1S/C23H28ClFN2O2/c1-23(2,3)21-14-19(9-10-27(21)22(28)29)26-20-8-7-18(25)13-16(20)11-15-5-4-6-17(24)12-15/h4-8,12-13,19,21,26H,9-11,14H2,1-3H3,(H,28,29). The van der Waals surface area contributed by atoms with E-state index in [2.05, 4.69) is 26.1 Å². The molecule has 2 N–H and O–H groups in total. The zero-order valence-electron chi connectivity index (χ0n) is 17.1. The number of hydrogen-bond acceptors (Lipinski definition) is 2. The number of rotatable bonds is 4. The number of amides is 1. The van der Waals surface area contributed by atoms with Crippen molar-refractivity contribution in [1.82, 2.24) is 4.90 Å². The van der Waals surface area contributed by atoms with Crippen molar-refractivity contribution in [2.45, 2.75) is 52.1 Å². The molecular weight excluding hydrogens is 391 g/mol. The first-order chi connectivity index (χ1) is 13.6. The van der Waals surface area contributed by atoms with Gasteiger partial charge in [-0.3, -0.25) is 0 Å². The molecule has 0 spiro atoms. The van der Waals surface area contributed by atoms with E-state index in [1.54, 1.807) is 17.0 Å². The van der Waals surface area contributed by atoms with Crippen LogP contribution in [0.15, 0.2) is 42.5 Å². The second-order valence-electron chi connectivity index (χ2n) is 8.83. The average Bonchev–Trinajstić information content (AvgIpc) is 2.63. The fraction of sp³-hybridized carbons (Fsp3) is 0.435. The third kappa shape index (κ3) is 5.41.